The third kappa shape index (κ3) is 5.22. The van der Waals surface area contributed by atoms with Crippen molar-refractivity contribution in [2.24, 2.45) is 0 Å². The fourth-order valence-corrected chi connectivity index (χ4v) is 3.78. The lowest BCUT2D eigenvalue weighted by molar-refractivity contribution is -0.147. The van der Waals surface area contributed by atoms with Crippen LogP contribution < -0.4 is 9.46 Å². The Labute approximate surface area is 174 Å². The van der Waals surface area contributed by atoms with E-state index in [-0.39, 0.29) is 17.4 Å². The second-order valence-corrected chi connectivity index (χ2v) is 7.92. The van der Waals surface area contributed by atoms with E-state index in [9.17, 15) is 13.2 Å². The second-order valence-electron chi connectivity index (χ2n) is 6.20. The first kappa shape index (κ1) is 21.5. The van der Waals surface area contributed by atoms with Crippen LogP contribution in [0.2, 0.25) is 0 Å². The summed E-state index contributed by atoms with van der Waals surface area (Å²) >= 11 is 0. The number of carbonyl (C=O) groups is 1. The van der Waals surface area contributed by atoms with Crippen molar-refractivity contribution in [3.63, 3.8) is 0 Å². The van der Waals surface area contributed by atoms with E-state index in [0.29, 0.717) is 23.7 Å². The Morgan fingerprint density at radius 2 is 1.83 bits per heavy atom. The number of carbonyl (C=O) groups excluding carboxylic acids is 1. The predicted molar refractivity (Wildman–Crippen MR) is 107 cm³/mol. The van der Waals surface area contributed by atoms with Gasteiger partial charge in [0.05, 0.1) is 17.1 Å². The van der Waals surface area contributed by atoms with Crippen LogP contribution >= 0.6 is 0 Å². The van der Waals surface area contributed by atoms with E-state index in [1.165, 1.54) is 19.1 Å². The van der Waals surface area contributed by atoms with Gasteiger partial charge in [-0.05, 0) is 38.1 Å². The third-order valence-electron chi connectivity index (χ3n) is 3.97. The second kappa shape index (κ2) is 9.51. The van der Waals surface area contributed by atoms with Crippen LogP contribution in [-0.2, 0) is 26.2 Å². The van der Waals surface area contributed by atoms with Gasteiger partial charge in [-0.3, -0.25) is 4.79 Å². The van der Waals surface area contributed by atoms with Gasteiger partial charge in [-0.25, -0.2) is 8.42 Å². The molecular weight excluding hydrogens is 410 g/mol. The highest BCUT2D eigenvalue weighted by molar-refractivity contribution is 7.89. The Hall–Kier alpha value is -3.24. The van der Waals surface area contributed by atoms with Crippen molar-refractivity contribution in [2.45, 2.75) is 31.4 Å². The lowest BCUT2D eigenvalue weighted by Crippen LogP contribution is -2.39. The zero-order valence-corrected chi connectivity index (χ0v) is 17.3. The van der Waals surface area contributed by atoms with Crippen LogP contribution in [0.15, 0.2) is 64.0 Å². The van der Waals surface area contributed by atoms with Crippen LogP contribution in [0, 0.1) is 0 Å². The van der Waals surface area contributed by atoms with Crippen LogP contribution in [0.5, 0.6) is 5.75 Å². The largest absolute Gasteiger partial charge is 0.493 e. The summed E-state index contributed by atoms with van der Waals surface area (Å²) in [7, 11) is -3.85. The molecule has 0 aliphatic carbocycles. The number of rotatable bonds is 9. The topological polar surface area (TPSA) is 121 Å². The molecule has 0 aliphatic heterocycles. The minimum atomic E-state index is -3.85. The maximum Gasteiger partial charge on any atom is 0.324 e. The smallest absolute Gasteiger partial charge is 0.324 e. The number of aromatic nitrogens is 2. The first-order valence-corrected chi connectivity index (χ1v) is 10.7. The average molecular weight is 431 g/mol. The van der Waals surface area contributed by atoms with Crippen molar-refractivity contribution in [2.75, 3.05) is 6.61 Å². The molecule has 0 aliphatic rings. The minimum absolute atomic E-state index is 0.0548. The van der Waals surface area contributed by atoms with Gasteiger partial charge in [-0.1, -0.05) is 35.5 Å². The molecule has 0 bridgehead atoms. The standard InChI is InChI=1S/C20H21N3O6S/c1-3-27-17-12-8-7-11-16(17)19-21-18(29-22-19)13-28-20(24)14(2)23-30(25,26)15-9-5-4-6-10-15/h4-12,14,23H,3,13H2,1-2H3/t14-/m0/s1. The van der Waals surface area contributed by atoms with Crippen molar-refractivity contribution in [1.29, 1.82) is 0 Å². The van der Waals surface area contributed by atoms with E-state index in [2.05, 4.69) is 14.9 Å². The number of sulfonamides is 1. The van der Waals surface area contributed by atoms with Gasteiger partial charge >= 0.3 is 5.97 Å². The van der Waals surface area contributed by atoms with Crippen molar-refractivity contribution in [3.05, 3.63) is 60.5 Å². The molecule has 1 heterocycles. The van der Waals surface area contributed by atoms with Gasteiger partial charge in [0, 0.05) is 0 Å². The van der Waals surface area contributed by atoms with E-state index >= 15 is 0 Å². The van der Waals surface area contributed by atoms with Crippen molar-refractivity contribution in [3.8, 4) is 17.1 Å². The molecule has 0 spiro atoms. The van der Waals surface area contributed by atoms with Gasteiger partial charge in [0.2, 0.25) is 15.8 Å². The summed E-state index contributed by atoms with van der Waals surface area (Å²) in [6.07, 6.45) is 0. The first-order chi connectivity index (χ1) is 14.4. The minimum Gasteiger partial charge on any atom is -0.493 e. The number of hydrogen-bond donors (Lipinski definition) is 1. The molecule has 30 heavy (non-hydrogen) atoms. The highest BCUT2D eigenvalue weighted by Crippen LogP contribution is 2.27. The number of benzene rings is 2. The fraction of sp³-hybridized carbons (Fsp3) is 0.250. The lowest BCUT2D eigenvalue weighted by Gasteiger charge is -2.13. The van der Waals surface area contributed by atoms with Crippen LogP contribution in [-0.4, -0.2) is 37.2 Å². The summed E-state index contributed by atoms with van der Waals surface area (Å²) in [6.45, 7) is 3.45. The average Bonchev–Trinajstić information content (AvgIpc) is 3.22. The summed E-state index contributed by atoms with van der Waals surface area (Å²) in [4.78, 5) is 16.4. The first-order valence-electron chi connectivity index (χ1n) is 9.19. The maximum atomic E-state index is 12.3. The van der Waals surface area contributed by atoms with Gasteiger partial charge in [0.25, 0.3) is 5.89 Å². The molecule has 1 aromatic heterocycles. The number of hydrogen-bond acceptors (Lipinski definition) is 8. The number of esters is 1. The van der Waals surface area contributed by atoms with Crippen molar-refractivity contribution < 1.29 is 27.2 Å². The summed E-state index contributed by atoms with van der Waals surface area (Å²) in [5.74, 6) is 0.197. The Kier molecular flexibility index (Phi) is 6.80. The third-order valence-corrected chi connectivity index (χ3v) is 5.53. The summed E-state index contributed by atoms with van der Waals surface area (Å²) in [6, 6.07) is 13.9. The zero-order valence-electron chi connectivity index (χ0n) is 16.4. The Morgan fingerprint density at radius 3 is 2.57 bits per heavy atom. The monoisotopic (exact) mass is 431 g/mol. The molecule has 1 atom stereocenters. The van der Waals surface area contributed by atoms with Crippen molar-refractivity contribution in [1.82, 2.24) is 14.9 Å². The summed E-state index contributed by atoms with van der Waals surface area (Å²) in [5.41, 5.74) is 0.643. The van der Waals surface area contributed by atoms with E-state index in [1.807, 2.05) is 19.1 Å². The van der Waals surface area contributed by atoms with Gasteiger partial charge < -0.3 is 14.0 Å². The molecule has 2 aromatic carbocycles. The van der Waals surface area contributed by atoms with Gasteiger partial charge in [0.15, 0.2) is 6.61 Å². The van der Waals surface area contributed by atoms with Crippen LogP contribution in [0.3, 0.4) is 0 Å². The molecule has 3 aromatic rings. The zero-order chi connectivity index (χ0) is 21.6. The van der Waals surface area contributed by atoms with Gasteiger partial charge in [-0.2, -0.15) is 9.71 Å². The van der Waals surface area contributed by atoms with Crippen LogP contribution in [0.25, 0.3) is 11.4 Å². The fourth-order valence-electron chi connectivity index (χ4n) is 2.56. The normalized spacial score (nSPS) is 12.3. The molecule has 3 rings (SSSR count). The SMILES string of the molecule is CCOc1ccccc1-c1noc(COC(=O)[C@H](C)NS(=O)(=O)c2ccccc2)n1. The van der Waals surface area contributed by atoms with E-state index in [1.54, 1.807) is 30.3 Å². The van der Waals surface area contributed by atoms with Gasteiger partial charge in [-0.15, -0.1) is 0 Å². The number of nitrogens with one attached hydrogen (secondary N) is 1. The Balaban J connectivity index is 1.60. The number of nitrogens with zero attached hydrogens (tertiary/aromatic N) is 2. The molecule has 1 N–H and O–H groups in total. The van der Waals surface area contributed by atoms with Crippen LogP contribution in [0.4, 0.5) is 0 Å². The highest BCUT2D eigenvalue weighted by atomic mass is 32.2. The van der Waals surface area contributed by atoms with E-state index in [4.69, 9.17) is 14.0 Å². The summed E-state index contributed by atoms with van der Waals surface area (Å²) in [5, 5.41) is 3.88. The molecule has 0 saturated carbocycles. The number of para-hydroxylation sites is 1. The Morgan fingerprint density at radius 1 is 1.13 bits per heavy atom. The highest BCUT2D eigenvalue weighted by Gasteiger charge is 2.23. The van der Waals surface area contributed by atoms with E-state index < -0.39 is 22.0 Å². The number of ether oxygens (including phenoxy) is 2. The quantitative estimate of drug-likeness (QED) is 0.513. The Bertz CT molecular complexity index is 1100. The molecule has 158 valence electrons. The van der Waals surface area contributed by atoms with Crippen molar-refractivity contribution >= 4 is 16.0 Å². The lowest BCUT2D eigenvalue weighted by atomic mass is 10.2. The molecule has 9 nitrogen and oxygen atoms in total. The summed E-state index contributed by atoms with van der Waals surface area (Å²) < 4.78 is 42.6. The molecule has 0 saturated heterocycles. The molecule has 0 unspecified atom stereocenters. The molecular formula is C20H21N3O6S. The van der Waals surface area contributed by atoms with E-state index in [0.717, 1.165) is 0 Å². The molecule has 10 heteroatoms. The van der Waals surface area contributed by atoms with Crippen LogP contribution in [0.1, 0.15) is 19.7 Å². The predicted octanol–water partition coefficient (Wildman–Crippen LogP) is 2.55. The van der Waals surface area contributed by atoms with Gasteiger partial charge in [0.1, 0.15) is 11.8 Å². The maximum absolute atomic E-state index is 12.3. The molecule has 0 amide bonds. The molecule has 0 fully saturated rings. The molecule has 0 radical (unpaired) electrons.